The molecule has 1 unspecified atom stereocenters. The fourth-order valence-electron chi connectivity index (χ4n) is 1.68. The molecule has 5 nitrogen and oxygen atoms in total. The van der Waals surface area contributed by atoms with Crippen molar-refractivity contribution in [3.8, 4) is 0 Å². The zero-order valence-electron chi connectivity index (χ0n) is 11.1. The monoisotopic (exact) mass is 340 g/mol. The van der Waals surface area contributed by atoms with Gasteiger partial charge in [-0.3, -0.25) is 0 Å². The van der Waals surface area contributed by atoms with Crippen molar-refractivity contribution in [2.24, 2.45) is 5.92 Å². The number of nitrogens with one attached hydrogen (secondary N) is 1. The molecule has 0 aromatic heterocycles. The van der Waals surface area contributed by atoms with Gasteiger partial charge in [0.15, 0.2) is 0 Å². The lowest BCUT2D eigenvalue weighted by Gasteiger charge is -2.12. The fourth-order valence-corrected chi connectivity index (χ4v) is 3.74. The van der Waals surface area contributed by atoms with Gasteiger partial charge in [0.2, 0.25) is 10.0 Å². The second-order valence-electron chi connectivity index (χ2n) is 4.63. The molecular weight excluding hydrogens is 323 g/mol. The average Bonchev–Trinajstić information content (AvgIpc) is 2.32. The molecule has 0 fully saturated rings. The molecular formula is C12H18Cl2N2O3S. The smallest absolute Gasteiger partial charge is 0.244 e. The van der Waals surface area contributed by atoms with E-state index in [0.29, 0.717) is 6.42 Å². The normalized spacial score (nSPS) is 13.4. The van der Waals surface area contributed by atoms with Gasteiger partial charge < -0.3 is 10.8 Å². The minimum Gasteiger partial charge on any atom is -0.398 e. The van der Waals surface area contributed by atoms with Crippen molar-refractivity contribution in [3.05, 3.63) is 22.2 Å². The number of halogens is 2. The maximum atomic E-state index is 12.1. The molecule has 1 aromatic rings. The van der Waals surface area contributed by atoms with Crippen LogP contribution in [0.25, 0.3) is 0 Å². The van der Waals surface area contributed by atoms with Gasteiger partial charge in [0, 0.05) is 18.2 Å². The van der Waals surface area contributed by atoms with Crippen LogP contribution in [0, 0.1) is 5.92 Å². The Bertz CT molecular complexity index is 541. The van der Waals surface area contributed by atoms with Crippen LogP contribution in [0.1, 0.15) is 19.8 Å². The van der Waals surface area contributed by atoms with Crippen LogP contribution >= 0.6 is 23.2 Å². The lowest BCUT2D eigenvalue weighted by molar-refractivity contribution is 0.228. The van der Waals surface area contributed by atoms with Crippen molar-refractivity contribution in [2.75, 3.05) is 18.9 Å². The largest absolute Gasteiger partial charge is 0.398 e. The predicted octanol–water partition coefficient (Wildman–Crippen LogP) is 2.26. The number of anilines is 1. The molecule has 0 heterocycles. The zero-order valence-corrected chi connectivity index (χ0v) is 13.4. The second kappa shape index (κ2) is 7.47. The number of benzene rings is 1. The second-order valence-corrected chi connectivity index (χ2v) is 7.18. The van der Waals surface area contributed by atoms with Crippen LogP contribution < -0.4 is 10.5 Å². The summed E-state index contributed by atoms with van der Waals surface area (Å²) in [6.45, 7) is 2.23. The molecule has 20 heavy (non-hydrogen) atoms. The summed E-state index contributed by atoms with van der Waals surface area (Å²) in [6.07, 6.45) is 1.34. The van der Waals surface area contributed by atoms with Gasteiger partial charge in [0.1, 0.15) is 4.90 Å². The van der Waals surface area contributed by atoms with Gasteiger partial charge in [0.05, 0.1) is 10.7 Å². The van der Waals surface area contributed by atoms with E-state index >= 15 is 0 Å². The van der Waals surface area contributed by atoms with E-state index in [9.17, 15) is 8.42 Å². The third kappa shape index (κ3) is 4.79. The highest BCUT2D eigenvalue weighted by atomic mass is 35.5. The third-order valence-corrected chi connectivity index (χ3v) is 4.99. The summed E-state index contributed by atoms with van der Waals surface area (Å²) in [5, 5.41) is 9.16. The first-order chi connectivity index (χ1) is 9.27. The number of hydrogen-bond donors (Lipinski definition) is 3. The molecule has 0 saturated carbocycles. The number of aliphatic hydroxyl groups is 1. The minimum atomic E-state index is -3.77. The van der Waals surface area contributed by atoms with E-state index in [1.54, 1.807) is 0 Å². The summed E-state index contributed by atoms with van der Waals surface area (Å²) >= 11 is 11.6. The number of aliphatic hydroxyl groups excluding tert-OH is 1. The molecule has 0 spiro atoms. The Morgan fingerprint density at radius 2 is 2.05 bits per heavy atom. The number of nitrogens with two attached hydrogens (primary N) is 1. The maximum absolute atomic E-state index is 12.1. The van der Waals surface area contributed by atoms with Crippen molar-refractivity contribution in [3.63, 3.8) is 0 Å². The van der Waals surface area contributed by atoms with Crippen LogP contribution in [0.15, 0.2) is 17.0 Å². The van der Waals surface area contributed by atoms with Crippen molar-refractivity contribution < 1.29 is 13.5 Å². The van der Waals surface area contributed by atoms with Crippen LogP contribution in [0.5, 0.6) is 0 Å². The average molecular weight is 341 g/mol. The SMILES string of the molecule is CC(CO)CCCNS(=O)(=O)c1c(N)cc(Cl)cc1Cl. The van der Waals surface area contributed by atoms with Crippen molar-refractivity contribution >= 4 is 38.9 Å². The molecule has 0 radical (unpaired) electrons. The Kier molecular flexibility index (Phi) is 6.54. The Labute approximate surface area is 129 Å². The summed E-state index contributed by atoms with van der Waals surface area (Å²) in [6, 6.07) is 2.68. The predicted molar refractivity (Wildman–Crippen MR) is 81.5 cm³/mol. The van der Waals surface area contributed by atoms with Crippen LogP contribution in [0.3, 0.4) is 0 Å². The molecule has 0 amide bonds. The standard InChI is InChI=1S/C12H18Cl2N2O3S/c1-8(7-17)3-2-4-16-20(18,19)12-10(14)5-9(13)6-11(12)15/h5-6,8,16-17H,2-4,7,15H2,1H3. The van der Waals surface area contributed by atoms with Crippen LogP contribution in [-0.4, -0.2) is 26.7 Å². The molecule has 0 aliphatic carbocycles. The molecule has 1 aromatic carbocycles. The summed E-state index contributed by atoms with van der Waals surface area (Å²) < 4.78 is 26.7. The molecule has 0 aliphatic heterocycles. The van der Waals surface area contributed by atoms with Crippen LogP contribution in [0.4, 0.5) is 5.69 Å². The van der Waals surface area contributed by atoms with Gasteiger partial charge >= 0.3 is 0 Å². The molecule has 1 atom stereocenters. The maximum Gasteiger partial charge on any atom is 0.244 e. The lowest BCUT2D eigenvalue weighted by Crippen LogP contribution is -2.26. The molecule has 1 rings (SSSR count). The molecule has 8 heteroatoms. The number of sulfonamides is 1. The Morgan fingerprint density at radius 3 is 2.60 bits per heavy atom. The minimum absolute atomic E-state index is 0.00812. The van der Waals surface area contributed by atoms with Gasteiger partial charge in [-0.15, -0.1) is 0 Å². The summed E-state index contributed by atoms with van der Waals surface area (Å²) in [4.78, 5) is -0.154. The molecule has 0 saturated heterocycles. The summed E-state index contributed by atoms with van der Waals surface area (Å²) in [5.74, 6) is 0.142. The van der Waals surface area contributed by atoms with Gasteiger partial charge in [-0.25, -0.2) is 13.1 Å². The number of rotatable bonds is 7. The highest BCUT2D eigenvalue weighted by Gasteiger charge is 2.21. The first kappa shape index (κ1) is 17.5. The Hall–Kier alpha value is -0.530. The third-order valence-electron chi connectivity index (χ3n) is 2.78. The number of nitrogen functional groups attached to an aromatic ring is 1. The Morgan fingerprint density at radius 1 is 1.40 bits per heavy atom. The first-order valence-corrected chi connectivity index (χ1v) is 8.37. The molecule has 0 bridgehead atoms. The lowest BCUT2D eigenvalue weighted by atomic mass is 10.1. The van der Waals surface area contributed by atoms with Gasteiger partial charge in [-0.2, -0.15) is 0 Å². The van der Waals surface area contributed by atoms with Crippen molar-refractivity contribution in [2.45, 2.75) is 24.7 Å². The van der Waals surface area contributed by atoms with Crippen molar-refractivity contribution in [1.82, 2.24) is 4.72 Å². The van der Waals surface area contributed by atoms with E-state index in [1.165, 1.54) is 12.1 Å². The van der Waals surface area contributed by atoms with E-state index < -0.39 is 10.0 Å². The molecule has 114 valence electrons. The van der Waals surface area contributed by atoms with Gasteiger partial charge in [0.25, 0.3) is 0 Å². The van der Waals surface area contributed by atoms with E-state index in [2.05, 4.69) is 4.72 Å². The summed E-state index contributed by atoms with van der Waals surface area (Å²) in [5.41, 5.74) is 5.67. The van der Waals surface area contributed by atoms with E-state index in [0.717, 1.165) is 6.42 Å². The van der Waals surface area contributed by atoms with Crippen LogP contribution in [-0.2, 0) is 10.0 Å². The number of hydrogen-bond acceptors (Lipinski definition) is 4. The van der Waals surface area contributed by atoms with E-state index in [-0.39, 0.29) is 39.7 Å². The van der Waals surface area contributed by atoms with Crippen molar-refractivity contribution in [1.29, 1.82) is 0 Å². The topological polar surface area (TPSA) is 92.4 Å². The summed E-state index contributed by atoms with van der Waals surface area (Å²) in [7, 11) is -3.77. The quantitative estimate of drug-likeness (QED) is 0.524. The van der Waals surface area contributed by atoms with E-state index in [1.807, 2.05) is 6.92 Å². The first-order valence-electron chi connectivity index (χ1n) is 6.13. The van der Waals surface area contributed by atoms with Crippen LogP contribution in [0.2, 0.25) is 10.0 Å². The molecule has 4 N–H and O–H groups in total. The van der Waals surface area contributed by atoms with E-state index in [4.69, 9.17) is 34.0 Å². The highest BCUT2D eigenvalue weighted by Crippen LogP contribution is 2.30. The zero-order chi connectivity index (χ0) is 15.3. The highest BCUT2D eigenvalue weighted by molar-refractivity contribution is 7.89. The van der Waals surface area contributed by atoms with Gasteiger partial charge in [-0.1, -0.05) is 30.1 Å². The molecule has 0 aliphatic rings. The van der Waals surface area contributed by atoms with Gasteiger partial charge in [-0.05, 0) is 30.9 Å². The Balaban J connectivity index is 2.75. The fraction of sp³-hybridized carbons (Fsp3) is 0.500.